The molecular weight excluding hydrogens is 152 g/mol. The van der Waals surface area contributed by atoms with Gasteiger partial charge in [-0.15, -0.1) is 0 Å². The molecule has 0 fully saturated rings. The quantitative estimate of drug-likeness (QED) is 0.702. The van der Waals surface area contributed by atoms with Crippen LogP contribution in [0.25, 0.3) is 0 Å². The van der Waals surface area contributed by atoms with Crippen molar-refractivity contribution >= 4 is 11.5 Å². The number of hydrogen-bond donors (Lipinski definition) is 2. The molecule has 0 aliphatic carbocycles. The van der Waals surface area contributed by atoms with E-state index in [2.05, 4.69) is 15.3 Å². The van der Waals surface area contributed by atoms with Gasteiger partial charge in [-0.2, -0.15) is 0 Å². The predicted octanol–water partition coefficient (Wildman–Crippen LogP) is 1.49. The second-order valence-corrected chi connectivity index (χ2v) is 2.65. The van der Waals surface area contributed by atoms with Crippen molar-refractivity contribution in [2.75, 3.05) is 5.32 Å². The fraction of sp³-hybridized carbons (Fsp3) is 0.125. The molecule has 4 heteroatoms. The number of aromatic amines is 1. The fourth-order valence-corrected chi connectivity index (χ4v) is 1.03. The molecule has 2 rings (SSSR count). The monoisotopic (exact) mass is 162 g/mol. The van der Waals surface area contributed by atoms with E-state index in [0.29, 0.717) is 0 Å². The Bertz CT molecular complexity index is 347. The Morgan fingerprint density at radius 2 is 2.50 bits per heavy atom. The summed E-state index contributed by atoms with van der Waals surface area (Å²) in [5.41, 5.74) is 1.02. The number of nitrogens with zero attached hydrogens (tertiary/aromatic N) is 2. The molecule has 0 saturated carbocycles. The highest BCUT2D eigenvalue weighted by molar-refractivity contribution is 5.53. The standard InChI is InChI=1S/C8H10N4/c1-12-5-8(10-6-12)11-7-2-3-9-4-7/h2-6,9,11H,1H3. The molecule has 0 aliphatic heterocycles. The van der Waals surface area contributed by atoms with Crippen molar-refractivity contribution < 1.29 is 0 Å². The second kappa shape index (κ2) is 2.73. The molecule has 0 spiro atoms. The first-order chi connectivity index (χ1) is 5.84. The van der Waals surface area contributed by atoms with E-state index in [9.17, 15) is 0 Å². The van der Waals surface area contributed by atoms with Crippen LogP contribution in [0, 0.1) is 0 Å². The summed E-state index contributed by atoms with van der Waals surface area (Å²) >= 11 is 0. The molecule has 0 radical (unpaired) electrons. The minimum atomic E-state index is 0.858. The van der Waals surface area contributed by atoms with Crippen molar-refractivity contribution in [2.45, 2.75) is 0 Å². The summed E-state index contributed by atoms with van der Waals surface area (Å²) in [6.45, 7) is 0. The number of imidazole rings is 1. The van der Waals surface area contributed by atoms with E-state index in [0.717, 1.165) is 11.5 Å². The zero-order valence-corrected chi connectivity index (χ0v) is 6.78. The summed E-state index contributed by atoms with van der Waals surface area (Å²) in [7, 11) is 1.94. The molecule has 0 aromatic carbocycles. The van der Waals surface area contributed by atoms with E-state index in [4.69, 9.17) is 0 Å². The molecule has 4 nitrogen and oxygen atoms in total. The molecule has 0 unspecified atom stereocenters. The Labute approximate surface area is 70.3 Å². The van der Waals surface area contributed by atoms with Gasteiger partial charge in [0.05, 0.1) is 12.0 Å². The van der Waals surface area contributed by atoms with Gasteiger partial charge in [0, 0.05) is 25.6 Å². The Morgan fingerprint density at radius 3 is 3.08 bits per heavy atom. The number of rotatable bonds is 2. The Morgan fingerprint density at radius 1 is 1.58 bits per heavy atom. The smallest absolute Gasteiger partial charge is 0.148 e. The fourth-order valence-electron chi connectivity index (χ4n) is 1.03. The van der Waals surface area contributed by atoms with Crippen molar-refractivity contribution in [1.29, 1.82) is 0 Å². The SMILES string of the molecule is Cn1cnc(Nc2cc[nH]c2)c1. The van der Waals surface area contributed by atoms with Crippen LogP contribution in [0.5, 0.6) is 0 Å². The van der Waals surface area contributed by atoms with Crippen LogP contribution in [0.4, 0.5) is 11.5 Å². The number of aromatic nitrogens is 3. The van der Waals surface area contributed by atoms with Crippen LogP contribution in [-0.4, -0.2) is 14.5 Å². The Kier molecular flexibility index (Phi) is 1.59. The Balaban J connectivity index is 2.14. The summed E-state index contributed by atoms with van der Waals surface area (Å²) in [6.07, 6.45) is 7.43. The van der Waals surface area contributed by atoms with Gasteiger partial charge in [0.2, 0.25) is 0 Å². The molecule has 0 amide bonds. The van der Waals surface area contributed by atoms with Crippen LogP contribution in [0.3, 0.4) is 0 Å². The summed E-state index contributed by atoms with van der Waals surface area (Å²) in [4.78, 5) is 7.09. The second-order valence-electron chi connectivity index (χ2n) is 2.65. The number of H-pyrrole nitrogens is 1. The van der Waals surface area contributed by atoms with E-state index in [-0.39, 0.29) is 0 Å². The molecule has 2 heterocycles. The minimum absolute atomic E-state index is 0.858. The van der Waals surface area contributed by atoms with E-state index in [1.54, 1.807) is 6.33 Å². The van der Waals surface area contributed by atoms with Crippen molar-refractivity contribution in [1.82, 2.24) is 14.5 Å². The zero-order chi connectivity index (χ0) is 8.39. The van der Waals surface area contributed by atoms with Crippen molar-refractivity contribution in [3.8, 4) is 0 Å². The van der Waals surface area contributed by atoms with E-state index in [1.807, 2.05) is 36.3 Å². The molecule has 2 aromatic rings. The van der Waals surface area contributed by atoms with Gasteiger partial charge < -0.3 is 14.9 Å². The zero-order valence-electron chi connectivity index (χ0n) is 6.78. The Hall–Kier alpha value is -1.71. The van der Waals surface area contributed by atoms with Gasteiger partial charge in [0.15, 0.2) is 0 Å². The van der Waals surface area contributed by atoms with Crippen LogP contribution < -0.4 is 5.32 Å². The lowest BCUT2D eigenvalue weighted by atomic mass is 10.5. The maximum absolute atomic E-state index is 4.13. The lowest BCUT2D eigenvalue weighted by Gasteiger charge is -1.96. The average molecular weight is 162 g/mol. The molecule has 2 aromatic heterocycles. The first kappa shape index (κ1) is 6.97. The summed E-state index contributed by atoms with van der Waals surface area (Å²) in [5, 5.41) is 3.14. The summed E-state index contributed by atoms with van der Waals surface area (Å²) in [6, 6.07) is 1.95. The lowest BCUT2D eigenvalue weighted by Crippen LogP contribution is -1.87. The molecule has 62 valence electrons. The molecule has 0 atom stereocenters. The molecule has 0 aliphatic rings. The number of anilines is 2. The maximum Gasteiger partial charge on any atom is 0.148 e. The third-order valence-corrected chi connectivity index (χ3v) is 1.58. The highest BCUT2D eigenvalue weighted by Crippen LogP contribution is 2.11. The van der Waals surface area contributed by atoms with Crippen LogP contribution in [0.15, 0.2) is 31.0 Å². The number of aryl methyl sites for hydroxylation is 1. The van der Waals surface area contributed by atoms with Crippen LogP contribution in [-0.2, 0) is 7.05 Å². The van der Waals surface area contributed by atoms with Gasteiger partial charge in [-0.3, -0.25) is 0 Å². The number of nitrogens with one attached hydrogen (secondary N) is 2. The van der Waals surface area contributed by atoms with Gasteiger partial charge in [-0.05, 0) is 6.07 Å². The highest BCUT2D eigenvalue weighted by atomic mass is 15.1. The topological polar surface area (TPSA) is 45.6 Å². The van der Waals surface area contributed by atoms with Gasteiger partial charge in [-0.25, -0.2) is 4.98 Å². The van der Waals surface area contributed by atoms with Crippen LogP contribution in [0.1, 0.15) is 0 Å². The molecule has 0 bridgehead atoms. The first-order valence-electron chi connectivity index (χ1n) is 3.72. The maximum atomic E-state index is 4.13. The van der Waals surface area contributed by atoms with Crippen molar-refractivity contribution in [3.63, 3.8) is 0 Å². The van der Waals surface area contributed by atoms with Crippen molar-refractivity contribution in [3.05, 3.63) is 31.0 Å². The largest absolute Gasteiger partial charge is 0.366 e. The predicted molar refractivity (Wildman–Crippen MR) is 47.3 cm³/mol. The van der Waals surface area contributed by atoms with Crippen LogP contribution in [0.2, 0.25) is 0 Å². The first-order valence-corrected chi connectivity index (χ1v) is 3.72. The normalized spacial score (nSPS) is 10.1. The summed E-state index contributed by atoms with van der Waals surface area (Å²) in [5.74, 6) is 0.858. The molecule has 0 saturated heterocycles. The molecular formula is C8H10N4. The number of hydrogen-bond acceptors (Lipinski definition) is 2. The van der Waals surface area contributed by atoms with E-state index in [1.165, 1.54) is 0 Å². The average Bonchev–Trinajstić information content (AvgIpc) is 2.63. The molecule has 12 heavy (non-hydrogen) atoms. The van der Waals surface area contributed by atoms with Crippen molar-refractivity contribution in [2.24, 2.45) is 7.05 Å². The van der Waals surface area contributed by atoms with E-state index >= 15 is 0 Å². The van der Waals surface area contributed by atoms with Crippen LogP contribution >= 0.6 is 0 Å². The van der Waals surface area contributed by atoms with Gasteiger partial charge in [0.25, 0.3) is 0 Å². The summed E-state index contributed by atoms with van der Waals surface area (Å²) < 4.78 is 1.90. The highest BCUT2D eigenvalue weighted by Gasteiger charge is 1.95. The third-order valence-electron chi connectivity index (χ3n) is 1.58. The van der Waals surface area contributed by atoms with Gasteiger partial charge in [-0.1, -0.05) is 0 Å². The third kappa shape index (κ3) is 1.32. The lowest BCUT2D eigenvalue weighted by molar-refractivity contribution is 0.913. The molecule has 2 N–H and O–H groups in total. The minimum Gasteiger partial charge on any atom is -0.366 e. The van der Waals surface area contributed by atoms with Gasteiger partial charge >= 0.3 is 0 Å². The van der Waals surface area contributed by atoms with E-state index < -0.39 is 0 Å². The van der Waals surface area contributed by atoms with Gasteiger partial charge in [0.1, 0.15) is 5.82 Å².